The number of hydrogen-bond acceptors (Lipinski definition) is 7. The van der Waals surface area contributed by atoms with Gasteiger partial charge < -0.3 is 5.11 Å². The van der Waals surface area contributed by atoms with Gasteiger partial charge in [-0.2, -0.15) is 0 Å². The van der Waals surface area contributed by atoms with Crippen molar-refractivity contribution in [2.45, 2.75) is 42.2 Å². The maximum Gasteiger partial charge on any atom is 0.303 e. The van der Waals surface area contributed by atoms with Crippen LogP contribution in [0.25, 0.3) is 0 Å². The van der Waals surface area contributed by atoms with Crippen molar-refractivity contribution in [1.29, 1.82) is 0 Å². The van der Waals surface area contributed by atoms with Crippen molar-refractivity contribution in [3.63, 3.8) is 0 Å². The molecule has 0 aromatic carbocycles. The molecule has 0 radical (unpaired) electrons. The molecule has 9 heteroatoms. The van der Waals surface area contributed by atoms with E-state index < -0.39 is 17.8 Å². The molecule has 3 rings (SSSR count). The van der Waals surface area contributed by atoms with E-state index in [9.17, 15) is 14.4 Å². The van der Waals surface area contributed by atoms with E-state index in [4.69, 9.17) is 9.94 Å². The van der Waals surface area contributed by atoms with Gasteiger partial charge in [0.1, 0.15) is 6.73 Å². The summed E-state index contributed by atoms with van der Waals surface area (Å²) in [4.78, 5) is 38.9. The summed E-state index contributed by atoms with van der Waals surface area (Å²) in [5.41, 5.74) is 0. The van der Waals surface area contributed by atoms with E-state index in [1.54, 1.807) is 10.8 Å². The molecular weight excluding hydrogens is 340 g/mol. The number of nitrogens with zero attached hydrogens (tertiary/aromatic N) is 1. The molecule has 1 saturated heterocycles. The number of fused-ring (bicyclic) bond motifs is 1. The van der Waals surface area contributed by atoms with Gasteiger partial charge in [-0.05, 0) is 25.2 Å². The molecule has 2 N–H and O–H groups in total. The van der Waals surface area contributed by atoms with E-state index in [0.717, 1.165) is 24.3 Å². The second kappa shape index (κ2) is 7.25. The number of imide groups is 1. The summed E-state index contributed by atoms with van der Waals surface area (Å²) in [6, 6.07) is 0.204. The topological polar surface area (TPSA) is 95.9 Å². The number of hydrogen-bond donors (Lipinski definition) is 2. The number of carbonyl (C=O) groups excluding carboxylic acids is 2. The van der Waals surface area contributed by atoms with Crippen LogP contribution in [0.2, 0.25) is 0 Å². The van der Waals surface area contributed by atoms with Gasteiger partial charge in [-0.25, -0.2) is 4.84 Å². The molecule has 2 amide bonds. The first-order valence-electron chi connectivity index (χ1n) is 7.51. The molecule has 4 unspecified atom stereocenters. The second-order valence-electron chi connectivity index (χ2n) is 5.85. The van der Waals surface area contributed by atoms with Crippen LogP contribution < -0.4 is 5.32 Å². The largest absolute Gasteiger partial charge is 0.481 e. The van der Waals surface area contributed by atoms with Crippen molar-refractivity contribution in [3.05, 3.63) is 12.2 Å². The maximum absolute atomic E-state index is 11.4. The molecule has 2 fully saturated rings. The zero-order valence-corrected chi connectivity index (χ0v) is 14.0. The van der Waals surface area contributed by atoms with E-state index >= 15 is 0 Å². The summed E-state index contributed by atoms with van der Waals surface area (Å²) in [6.07, 6.45) is 5.26. The lowest BCUT2D eigenvalue weighted by Gasteiger charge is -2.38. The number of carbonyl (C=O) groups is 3. The number of carboxylic acids is 1. The minimum absolute atomic E-state index is 0.0859. The molecule has 0 bridgehead atoms. The minimum atomic E-state index is -0.737. The first-order chi connectivity index (χ1) is 11.0. The van der Waals surface area contributed by atoms with Crippen LogP contribution >= 0.6 is 21.6 Å². The molecule has 1 aliphatic carbocycles. The van der Waals surface area contributed by atoms with Crippen LogP contribution in [-0.4, -0.2) is 51.2 Å². The monoisotopic (exact) mass is 358 g/mol. The van der Waals surface area contributed by atoms with Crippen molar-refractivity contribution < 1.29 is 24.3 Å². The number of aliphatic carboxylic acids is 1. The van der Waals surface area contributed by atoms with E-state index in [-0.39, 0.29) is 25.1 Å². The summed E-state index contributed by atoms with van der Waals surface area (Å²) in [7, 11) is 3.60. The fourth-order valence-corrected chi connectivity index (χ4v) is 6.42. The van der Waals surface area contributed by atoms with Crippen LogP contribution in [0.4, 0.5) is 0 Å². The number of amides is 2. The quantitative estimate of drug-likeness (QED) is 0.415. The summed E-state index contributed by atoms with van der Waals surface area (Å²) in [6.45, 7) is 0.0859. The van der Waals surface area contributed by atoms with Gasteiger partial charge in [-0.15, -0.1) is 5.06 Å². The SMILES string of the molecule is O=C(O)CC1CCC(NCON2C(=O)C=CC2=O)CC2SSC12. The third-order valence-corrected chi connectivity index (χ3v) is 7.99. The van der Waals surface area contributed by atoms with Gasteiger partial charge in [0.05, 0.1) is 0 Å². The molecule has 0 aromatic rings. The third kappa shape index (κ3) is 3.90. The van der Waals surface area contributed by atoms with Gasteiger partial charge in [-0.1, -0.05) is 21.6 Å². The first-order valence-corrected chi connectivity index (χ1v) is 9.78. The lowest BCUT2D eigenvalue weighted by Crippen LogP contribution is -2.40. The molecule has 0 spiro atoms. The summed E-state index contributed by atoms with van der Waals surface area (Å²) >= 11 is 0. The molecule has 23 heavy (non-hydrogen) atoms. The summed E-state index contributed by atoms with van der Waals surface area (Å²) in [5.74, 6) is -1.46. The van der Waals surface area contributed by atoms with E-state index in [1.807, 2.05) is 10.8 Å². The highest BCUT2D eigenvalue weighted by atomic mass is 33.1. The highest BCUT2D eigenvalue weighted by Gasteiger charge is 2.43. The smallest absolute Gasteiger partial charge is 0.303 e. The Morgan fingerprint density at radius 3 is 2.65 bits per heavy atom. The number of nitrogens with one attached hydrogen (secondary N) is 1. The molecule has 4 atom stereocenters. The minimum Gasteiger partial charge on any atom is -0.481 e. The van der Waals surface area contributed by atoms with Crippen LogP contribution in [0.1, 0.15) is 25.7 Å². The third-order valence-electron chi connectivity index (χ3n) is 4.30. The highest BCUT2D eigenvalue weighted by Crippen LogP contribution is 2.55. The molecule has 3 aliphatic rings. The zero-order chi connectivity index (χ0) is 16.4. The van der Waals surface area contributed by atoms with E-state index in [0.29, 0.717) is 10.5 Å². The molecule has 2 aliphatic heterocycles. The Morgan fingerprint density at radius 1 is 1.30 bits per heavy atom. The maximum atomic E-state index is 11.4. The lowest BCUT2D eigenvalue weighted by atomic mass is 9.96. The number of rotatable bonds is 6. The standard InChI is InChI=1S/C14H18N2O5S2/c17-11-3-4-12(18)16(11)21-7-15-9-2-1-8(5-13(19)20)14-10(6-9)22-23-14/h3-4,8-10,14-15H,1-2,5-7H2,(H,19,20). The fourth-order valence-electron chi connectivity index (χ4n) is 3.09. The Kier molecular flexibility index (Phi) is 5.30. The van der Waals surface area contributed by atoms with Crippen molar-refractivity contribution >= 4 is 39.4 Å². The van der Waals surface area contributed by atoms with E-state index in [2.05, 4.69) is 5.32 Å². The van der Waals surface area contributed by atoms with Gasteiger partial charge in [0, 0.05) is 35.1 Å². The van der Waals surface area contributed by atoms with E-state index in [1.165, 1.54) is 12.2 Å². The van der Waals surface area contributed by atoms with Crippen molar-refractivity contribution in [2.75, 3.05) is 6.73 Å². The Hall–Kier alpha value is -1.03. The second-order valence-corrected chi connectivity index (χ2v) is 8.53. The molecular formula is C14H18N2O5S2. The van der Waals surface area contributed by atoms with Crippen molar-refractivity contribution in [3.8, 4) is 0 Å². The molecule has 126 valence electrons. The Bertz CT molecular complexity index is 523. The Morgan fingerprint density at radius 2 is 2.04 bits per heavy atom. The highest BCUT2D eigenvalue weighted by molar-refractivity contribution is 8.80. The number of carboxylic acid groups (broad SMARTS) is 1. The Balaban J connectivity index is 1.47. The summed E-state index contributed by atoms with van der Waals surface area (Å²) < 4.78 is 0. The van der Waals surface area contributed by atoms with Crippen molar-refractivity contribution in [2.24, 2.45) is 5.92 Å². The molecule has 0 aromatic heterocycles. The first kappa shape index (κ1) is 16.8. The van der Waals surface area contributed by atoms with Crippen LogP contribution in [0.5, 0.6) is 0 Å². The molecule has 2 heterocycles. The van der Waals surface area contributed by atoms with Gasteiger partial charge in [0.2, 0.25) is 0 Å². The predicted octanol–water partition coefficient (Wildman–Crippen LogP) is 1.17. The number of hydroxylamine groups is 2. The van der Waals surface area contributed by atoms with Gasteiger partial charge >= 0.3 is 5.97 Å². The van der Waals surface area contributed by atoms with Crippen LogP contribution in [0.15, 0.2) is 12.2 Å². The van der Waals surface area contributed by atoms with Crippen LogP contribution in [-0.2, 0) is 19.2 Å². The van der Waals surface area contributed by atoms with Gasteiger partial charge in [0.15, 0.2) is 0 Å². The normalized spacial score (nSPS) is 33.3. The zero-order valence-electron chi connectivity index (χ0n) is 12.3. The Labute approximate surface area is 141 Å². The van der Waals surface area contributed by atoms with Gasteiger partial charge in [-0.3, -0.25) is 19.7 Å². The molecule has 1 saturated carbocycles. The van der Waals surface area contributed by atoms with Crippen LogP contribution in [0.3, 0.4) is 0 Å². The van der Waals surface area contributed by atoms with Gasteiger partial charge in [0.25, 0.3) is 11.8 Å². The fraction of sp³-hybridized carbons (Fsp3) is 0.643. The van der Waals surface area contributed by atoms with Crippen molar-refractivity contribution in [1.82, 2.24) is 10.4 Å². The summed E-state index contributed by atoms with van der Waals surface area (Å²) in [5, 5.41) is 13.9. The van der Waals surface area contributed by atoms with Crippen LogP contribution in [0, 0.1) is 5.92 Å². The average molecular weight is 358 g/mol. The average Bonchev–Trinajstić information content (AvgIpc) is 2.72. The molecule has 7 nitrogen and oxygen atoms in total. The lowest BCUT2D eigenvalue weighted by molar-refractivity contribution is -0.188. The predicted molar refractivity (Wildman–Crippen MR) is 86.2 cm³/mol.